The van der Waals surface area contributed by atoms with Gasteiger partial charge in [0.05, 0.1) is 0 Å². The first-order valence-corrected chi connectivity index (χ1v) is 4.07. The van der Waals surface area contributed by atoms with Gasteiger partial charge in [0.15, 0.2) is 0 Å². The summed E-state index contributed by atoms with van der Waals surface area (Å²) in [5.74, 6) is 0. The Kier molecular flexibility index (Phi) is 3.10. The molecule has 0 spiro atoms. The molecule has 1 N–H and O–H groups in total. The summed E-state index contributed by atoms with van der Waals surface area (Å²) < 4.78 is 6.15. The zero-order valence-corrected chi connectivity index (χ0v) is 4.78. The molecule has 4 heteroatoms. The van der Waals surface area contributed by atoms with E-state index in [4.69, 9.17) is 1.41 Å². The SMILES string of the molecule is [2H]/N=B/SI. The number of hydrogen-bond donors (Lipinski definition) is 1. The second kappa shape index (κ2) is 3.94. The van der Waals surface area contributed by atoms with Crippen molar-refractivity contribution in [3.63, 3.8) is 0 Å². The van der Waals surface area contributed by atoms with E-state index in [1.807, 2.05) is 21.2 Å². The van der Waals surface area contributed by atoms with Gasteiger partial charge in [-0.2, -0.15) is 0 Å². The molecule has 0 fully saturated rings. The molecular formula is HBINS. The van der Waals surface area contributed by atoms with Gasteiger partial charge in [0.25, 0.3) is 0 Å². The average Bonchev–Trinajstić information content (AvgIpc) is 1.41. The molecule has 0 radical (unpaired) electrons. The van der Waals surface area contributed by atoms with Crippen molar-refractivity contribution in [2.24, 2.45) is 0 Å². The molecule has 0 unspecified atom stereocenters. The Balaban J connectivity index is 2.62. The minimum absolute atomic E-state index is 1.39. The third-order valence-corrected chi connectivity index (χ3v) is 0.802. The summed E-state index contributed by atoms with van der Waals surface area (Å²) in [6.07, 6.45) is 1.45. The second-order valence-electron chi connectivity index (χ2n) is 0.194. The van der Waals surface area contributed by atoms with Crippen molar-refractivity contribution < 1.29 is 1.41 Å². The number of rotatable bonds is 1. The number of hydrogen-bond acceptors (Lipinski definition) is 2. The van der Waals surface area contributed by atoms with Crippen molar-refractivity contribution in [2.75, 3.05) is 0 Å². The van der Waals surface area contributed by atoms with Gasteiger partial charge in [-0.15, -0.1) is 0 Å². The molecule has 0 heterocycles. The van der Waals surface area contributed by atoms with Crippen LogP contribution < -0.4 is 0 Å². The van der Waals surface area contributed by atoms with Crippen LogP contribution >= 0.6 is 30.0 Å². The number of halogens is 1. The maximum absolute atomic E-state index is 6.15. The van der Waals surface area contributed by atoms with E-state index >= 15 is 0 Å². The summed E-state index contributed by atoms with van der Waals surface area (Å²) >= 11 is 2.03. The molecule has 0 aliphatic rings. The van der Waals surface area contributed by atoms with Gasteiger partial charge in [0.1, 0.15) is 0 Å². The molecule has 22 valence electrons. The van der Waals surface area contributed by atoms with Crippen LogP contribution in [-0.4, -0.2) is 6.35 Å². The van der Waals surface area contributed by atoms with Gasteiger partial charge in [0, 0.05) is 0 Å². The quantitative estimate of drug-likeness (QED) is 0.486. The van der Waals surface area contributed by atoms with E-state index in [0.29, 0.717) is 0 Å². The Bertz CT molecular complexity index is 38.6. The zero-order chi connectivity index (χ0) is 4.12. The van der Waals surface area contributed by atoms with Crippen LogP contribution in [0.15, 0.2) is 0 Å². The van der Waals surface area contributed by atoms with E-state index in [2.05, 4.69) is 5.31 Å². The van der Waals surface area contributed by atoms with Crippen LogP contribution in [-0.2, 0) is 0 Å². The summed E-state index contributed by atoms with van der Waals surface area (Å²) in [7, 11) is 1.39. The van der Waals surface area contributed by atoms with E-state index in [1.165, 1.54) is 15.1 Å². The Labute approximate surface area is 43.2 Å². The summed E-state index contributed by atoms with van der Waals surface area (Å²) in [5, 5.41) is 2.93. The molecule has 0 aliphatic heterocycles. The maximum atomic E-state index is 6.15. The summed E-state index contributed by atoms with van der Waals surface area (Å²) in [5.41, 5.74) is 0. The van der Waals surface area contributed by atoms with Crippen molar-refractivity contribution in [2.45, 2.75) is 0 Å². The first-order chi connectivity index (χ1) is 2.41. The molecule has 0 saturated heterocycles. The van der Waals surface area contributed by atoms with Crippen molar-refractivity contribution in [1.29, 1.82) is 5.31 Å². The molecule has 0 aromatic heterocycles. The Morgan fingerprint density at radius 2 is 3.25 bits per heavy atom. The molecule has 1 nitrogen and oxygen atoms in total. The molecule has 0 saturated carbocycles. The van der Waals surface area contributed by atoms with E-state index < -0.39 is 0 Å². The fourth-order valence-corrected chi connectivity index (χ4v) is 0. The standard InChI is InChI=1S/BHINS/c2-4-1-3/h3H/i3D. The first kappa shape index (κ1) is 3.15. The molecule has 0 atom stereocenters. The van der Waals surface area contributed by atoms with Crippen LogP contribution in [0.25, 0.3) is 0 Å². The molecule has 0 aliphatic carbocycles. The third-order valence-electron chi connectivity index (χ3n) is 0.0398. The molecule has 0 amide bonds. The van der Waals surface area contributed by atoms with Gasteiger partial charge in [0.2, 0.25) is 0 Å². The fraction of sp³-hybridized carbons (Fsp3) is 0. The van der Waals surface area contributed by atoms with Crippen LogP contribution in [0.3, 0.4) is 0 Å². The predicted molar refractivity (Wildman–Crippen MR) is 30.1 cm³/mol. The summed E-state index contributed by atoms with van der Waals surface area (Å²) in [6.45, 7) is 0. The van der Waals surface area contributed by atoms with Gasteiger partial charge in [-0.3, -0.25) is 0 Å². The Hall–Kier alpha value is 0.945. The van der Waals surface area contributed by atoms with Crippen LogP contribution in [0.5, 0.6) is 0 Å². The minimum atomic E-state index is 1.39. The summed E-state index contributed by atoms with van der Waals surface area (Å²) in [6, 6.07) is 0. The Morgan fingerprint density at radius 1 is 2.50 bits per heavy atom. The normalized spacial score (nSPS) is 10.8. The summed E-state index contributed by atoms with van der Waals surface area (Å²) in [4.78, 5) is 0. The van der Waals surface area contributed by atoms with Gasteiger partial charge in [-0.25, -0.2) is 0 Å². The molecule has 0 rings (SSSR count). The zero-order valence-electron chi connectivity index (χ0n) is 2.81. The molecule has 0 bridgehead atoms. The van der Waals surface area contributed by atoms with Gasteiger partial charge in [-0.1, -0.05) is 0 Å². The molecule has 0 aromatic rings. The van der Waals surface area contributed by atoms with Crippen LogP contribution in [0.2, 0.25) is 1.41 Å². The van der Waals surface area contributed by atoms with Crippen LogP contribution in [0, 0.1) is 5.31 Å². The van der Waals surface area contributed by atoms with Crippen LogP contribution in [0.1, 0.15) is 0 Å². The molecule has 4 heavy (non-hydrogen) atoms. The van der Waals surface area contributed by atoms with Crippen LogP contribution in [0.4, 0.5) is 0 Å². The van der Waals surface area contributed by atoms with Crippen molar-refractivity contribution >= 4 is 36.3 Å². The van der Waals surface area contributed by atoms with Crippen molar-refractivity contribution in [1.82, 2.24) is 0 Å². The number of nitrogens with one attached hydrogen (secondary N) is 1. The third kappa shape index (κ3) is 2.94. The van der Waals surface area contributed by atoms with Gasteiger partial charge < -0.3 is 0 Å². The van der Waals surface area contributed by atoms with Crippen molar-refractivity contribution in [3.8, 4) is 0 Å². The van der Waals surface area contributed by atoms with Gasteiger partial charge in [-0.05, 0) is 0 Å². The van der Waals surface area contributed by atoms with Crippen molar-refractivity contribution in [3.05, 3.63) is 0 Å². The average molecular weight is 186 g/mol. The van der Waals surface area contributed by atoms with Gasteiger partial charge >= 0.3 is 43.1 Å². The Morgan fingerprint density at radius 3 is 3.25 bits per heavy atom. The molecule has 0 aromatic carbocycles. The van der Waals surface area contributed by atoms with E-state index in [-0.39, 0.29) is 0 Å². The van der Waals surface area contributed by atoms with E-state index in [1.54, 1.807) is 0 Å². The first-order valence-electron chi connectivity index (χ1n) is 1.10. The second-order valence-corrected chi connectivity index (χ2v) is 2.11. The fourth-order valence-electron chi connectivity index (χ4n) is 0. The topological polar surface area (TPSA) is 23.9 Å². The molecular weight excluding hydrogens is 184 g/mol. The van der Waals surface area contributed by atoms with E-state index in [9.17, 15) is 0 Å². The predicted octanol–water partition coefficient (Wildman–Crippen LogP) is 1.45. The van der Waals surface area contributed by atoms with E-state index in [0.717, 1.165) is 0 Å². The monoisotopic (exact) mass is 186 g/mol.